The van der Waals surface area contributed by atoms with Crippen LogP contribution in [-0.4, -0.2) is 13.7 Å². The van der Waals surface area contributed by atoms with E-state index < -0.39 is 0 Å². The number of nitrogens with zero attached hydrogens (tertiary/aromatic N) is 3. The zero-order chi connectivity index (χ0) is 38.6. The maximum absolute atomic E-state index is 2.48. The first-order chi connectivity index (χ1) is 29.3. The number of para-hydroxylation sites is 3. The summed E-state index contributed by atoms with van der Waals surface area (Å²) in [5, 5.41) is 10.0. The van der Waals surface area contributed by atoms with Crippen molar-refractivity contribution in [3.05, 3.63) is 212 Å². The quantitative estimate of drug-likeness (QED) is 0.156. The molecule has 274 valence electrons. The highest BCUT2D eigenvalue weighted by molar-refractivity contribution is 6.28. The van der Waals surface area contributed by atoms with Crippen LogP contribution in [0, 0.1) is 0 Å². The largest absolute Gasteiger partial charge is 0.309 e. The molecule has 0 aliphatic heterocycles. The molecule has 13 rings (SSSR count). The van der Waals surface area contributed by atoms with E-state index in [1.165, 1.54) is 110 Å². The lowest BCUT2D eigenvalue weighted by molar-refractivity contribution is 1.17. The number of aromatic nitrogens is 3. The molecule has 0 saturated heterocycles. The van der Waals surface area contributed by atoms with Gasteiger partial charge in [0.25, 0.3) is 0 Å². The summed E-state index contributed by atoms with van der Waals surface area (Å²) in [6.07, 6.45) is 0. The van der Waals surface area contributed by atoms with Gasteiger partial charge in [0.2, 0.25) is 0 Å². The first-order valence-electron chi connectivity index (χ1n) is 20.4. The Hall–Kier alpha value is -7.88. The molecule has 10 aromatic carbocycles. The minimum Gasteiger partial charge on any atom is -0.309 e. The zero-order valence-corrected chi connectivity index (χ0v) is 32.0. The van der Waals surface area contributed by atoms with Crippen molar-refractivity contribution in [1.82, 2.24) is 13.7 Å². The third-order valence-electron chi connectivity index (χ3n) is 12.6. The number of rotatable bonds is 5. The van der Waals surface area contributed by atoms with Crippen LogP contribution in [0.15, 0.2) is 212 Å². The fraction of sp³-hybridized carbons (Fsp3) is 0. The van der Waals surface area contributed by atoms with Gasteiger partial charge in [0.05, 0.1) is 44.5 Å². The van der Waals surface area contributed by atoms with Crippen LogP contribution in [0.25, 0.3) is 116 Å². The molecule has 0 amide bonds. The van der Waals surface area contributed by atoms with Gasteiger partial charge in [0.1, 0.15) is 0 Å². The molecule has 0 N–H and O–H groups in total. The van der Waals surface area contributed by atoms with Gasteiger partial charge in [-0.15, -0.1) is 0 Å². The highest BCUT2D eigenvalue weighted by Gasteiger charge is 2.24. The minimum absolute atomic E-state index is 1.16. The van der Waals surface area contributed by atoms with Gasteiger partial charge in [-0.25, -0.2) is 0 Å². The Kier molecular flexibility index (Phi) is 6.72. The normalized spacial score (nSPS) is 12.1. The molecule has 3 nitrogen and oxygen atoms in total. The lowest BCUT2D eigenvalue weighted by atomic mass is 9.99. The molecule has 59 heavy (non-hydrogen) atoms. The van der Waals surface area contributed by atoms with Crippen molar-refractivity contribution in [3.63, 3.8) is 0 Å². The molecule has 13 aromatic rings. The van der Waals surface area contributed by atoms with Crippen LogP contribution < -0.4 is 0 Å². The third-order valence-corrected chi connectivity index (χ3v) is 12.6. The van der Waals surface area contributed by atoms with E-state index in [4.69, 9.17) is 0 Å². The van der Waals surface area contributed by atoms with Gasteiger partial charge in [-0.2, -0.15) is 0 Å². The number of benzene rings is 10. The summed E-state index contributed by atoms with van der Waals surface area (Å²) >= 11 is 0. The average Bonchev–Trinajstić information content (AvgIpc) is 3.95. The predicted octanol–water partition coefficient (Wildman–Crippen LogP) is 14.9. The first-order valence-corrected chi connectivity index (χ1v) is 20.4. The molecule has 0 bridgehead atoms. The van der Waals surface area contributed by atoms with Crippen molar-refractivity contribution < 1.29 is 0 Å². The Labute approximate surface area is 340 Å². The van der Waals surface area contributed by atoms with Gasteiger partial charge in [0, 0.05) is 48.8 Å². The number of hydrogen-bond donors (Lipinski definition) is 0. The van der Waals surface area contributed by atoms with Crippen molar-refractivity contribution in [2.24, 2.45) is 0 Å². The van der Waals surface area contributed by atoms with Gasteiger partial charge in [-0.3, -0.25) is 0 Å². The fourth-order valence-electron chi connectivity index (χ4n) is 10.1. The van der Waals surface area contributed by atoms with E-state index in [2.05, 4.69) is 226 Å². The summed E-state index contributed by atoms with van der Waals surface area (Å²) in [6, 6.07) is 77.9. The molecule has 0 aliphatic rings. The molecular formula is C56H35N3. The Morgan fingerprint density at radius 2 is 0.610 bits per heavy atom. The van der Waals surface area contributed by atoms with Crippen molar-refractivity contribution in [3.8, 4) is 39.3 Å². The molecule has 3 heteroatoms. The van der Waals surface area contributed by atoms with Gasteiger partial charge in [-0.1, -0.05) is 140 Å². The lowest BCUT2D eigenvalue weighted by Crippen LogP contribution is -1.97. The van der Waals surface area contributed by atoms with Crippen LogP contribution in [0.2, 0.25) is 0 Å². The maximum atomic E-state index is 2.48. The van der Waals surface area contributed by atoms with E-state index in [0.717, 1.165) is 5.69 Å². The van der Waals surface area contributed by atoms with E-state index in [1.54, 1.807) is 0 Å². The maximum Gasteiger partial charge on any atom is 0.0548 e. The van der Waals surface area contributed by atoms with Crippen molar-refractivity contribution >= 4 is 76.2 Å². The molecular weight excluding hydrogens is 715 g/mol. The fourth-order valence-corrected chi connectivity index (χ4v) is 10.1. The molecule has 0 saturated carbocycles. The summed E-state index contributed by atoms with van der Waals surface area (Å²) in [7, 11) is 0. The second-order valence-electron chi connectivity index (χ2n) is 15.7. The molecule has 0 spiro atoms. The molecule has 3 aromatic heterocycles. The highest BCUT2D eigenvalue weighted by Crippen LogP contribution is 2.46. The number of fused-ring (bicyclic) bond motifs is 6. The highest BCUT2D eigenvalue weighted by atomic mass is 15.0. The Balaban J connectivity index is 1.11. The molecule has 0 radical (unpaired) electrons. The number of hydrogen-bond acceptors (Lipinski definition) is 0. The van der Waals surface area contributed by atoms with Crippen molar-refractivity contribution in [2.45, 2.75) is 0 Å². The van der Waals surface area contributed by atoms with Crippen LogP contribution in [0.1, 0.15) is 0 Å². The van der Waals surface area contributed by atoms with E-state index >= 15 is 0 Å². The molecule has 0 unspecified atom stereocenters. The first kappa shape index (κ1) is 32.2. The van der Waals surface area contributed by atoms with Crippen LogP contribution in [0.5, 0.6) is 0 Å². The zero-order valence-electron chi connectivity index (χ0n) is 32.0. The van der Waals surface area contributed by atoms with E-state index in [-0.39, 0.29) is 0 Å². The standard InChI is InChI=1S/C56H35N3/c1-4-14-36(15-5-1)38-24-28-51-45(34-38)41-20-10-12-22-47(41)58(51)49-30-32-53-55-43(49)26-27-44-50(31-33-54(56(44)55)57(53)40-18-8-3-9-19-40)59-48-23-13-11-21-42(48)46-35-39(25-29-52(46)59)37-16-6-2-7-17-37/h1-35H. The van der Waals surface area contributed by atoms with Crippen LogP contribution in [0.3, 0.4) is 0 Å². The Bertz CT molecular complexity index is 3530. The molecule has 3 heterocycles. The van der Waals surface area contributed by atoms with Crippen molar-refractivity contribution in [2.75, 3.05) is 0 Å². The summed E-state index contributed by atoms with van der Waals surface area (Å²) in [5.74, 6) is 0. The lowest BCUT2D eigenvalue weighted by Gasteiger charge is -2.15. The second-order valence-corrected chi connectivity index (χ2v) is 15.7. The topological polar surface area (TPSA) is 14.8 Å². The average molecular weight is 750 g/mol. The monoisotopic (exact) mass is 749 g/mol. The molecule has 0 atom stereocenters. The van der Waals surface area contributed by atoms with Crippen LogP contribution >= 0.6 is 0 Å². The van der Waals surface area contributed by atoms with Crippen LogP contribution in [-0.2, 0) is 0 Å². The summed E-state index contributed by atoms with van der Waals surface area (Å²) in [5.41, 5.74) is 15.6. The van der Waals surface area contributed by atoms with Gasteiger partial charge >= 0.3 is 0 Å². The smallest absolute Gasteiger partial charge is 0.0548 e. The van der Waals surface area contributed by atoms with Gasteiger partial charge in [0.15, 0.2) is 0 Å². The van der Waals surface area contributed by atoms with Crippen LogP contribution in [0.4, 0.5) is 0 Å². The minimum atomic E-state index is 1.16. The Morgan fingerprint density at radius 3 is 1.08 bits per heavy atom. The summed E-state index contributed by atoms with van der Waals surface area (Å²) in [6.45, 7) is 0. The van der Waals surface area contributed by atoms with Crippen molar-refractivity contribution in [1.29, 1.82) is 0 Å². The summed E-state index contributed by atoms with van der Waals surface area (Å²) < 4.78 is 7.42. The van der Waals surface area contributed by atoms with E-state index in [9.17, 15) is 0 Å². The molecule has 0 aliphatic carbocycles. The third kappa shape index (κ3) is 4.58. The Morgan fingerprint density at radius 1 is 0.220 bits per heavy atom. The molecule has 0 fully saturated rings. The van der Waals surface area contributed by atoms with Gasteiger partial charge < -0.3 is 13.7 Å². The van der Waals surface area contributed by atoms with E-state index in [1.807, 2.05) is 0 Å². The summed E-state index contributed by atoms with van der Waals surface area (Å²) in [4.78, 5) is 0. The SMILES string of the molecule is c1ccc(-c2ccc3c(c2)c2ccccc2n3-c2ccc3c4c2ccc2c(-n5c6ccccc6c6cc(-c7ccccc7)ccc65)ccc(c24)n3-c2ccccc2)cc1. The second kappa shape index (κ2) is 12.3. The predicted molar refractivity (Wildman–Crippen MR) is 249 cm³/mol. The van der Waals surface area contributed by atoms with E-state index in [0.29, 0.717) is 0 Å². The van der Waals surface area contributed by atoms with Gasteiger partial charge in [-0.05, 0) is 95.1 Å².